The molecule has 5 rings (SSSR count). The van der Waals surface area contributed by atoms with Crippen molar-refractivity contribution in [2.24, 2.45) is 0 Å². The lowest BCUT2D eigenvalue weighted by Gasteiger charge is -2.33. The van der Waals surface area contributed by atoms with Crippen molar-refractivity contribution in [2.75, 3.05) is 6.61 Å². The molecular formula is C34H31F8NO5. The number of ether oxygens (including phenoxy) is 2. The molecule has 2 aliphatic rings. The Bertz CT molecular complexity index is 1810. The van der Waals surface area contributed by atoms with Gasteiger partial charge in [-0.15, -0.1) is 0 Å². The summed E-state index contributed by atoms with van der Waals surface area (Å²) < 4.78 is 133. The van der Waals surface area contributed by atoms with Gasteiger partial charge in [0.05, 0.1) is 29.4 Å². The van der Waals surface area contributed by atoms with Crippen molar-refractivity contribution in [1.82, 2.24) is 4.90 Å². The number of hydrogen-bond acceptors (Lipinski definition) is 4. The van der Waals surface area contributed by atoms with Crippen LogP contribution in [0.15, 0.2) is 30.3 Å². The van der Waals surface area contributed by atoms with Crippen molar-refractivity contribution in [3.05, 3.63) is 86.5 Å². The number of aliphatic carboxylic acids is 1. The summed E-state index contributed by atoms with van der Waals surface area (Å²) in [6, 6.07) is 3.07. The average Bonchev–Trinajstić information content (AvgIpc) is 3.30. The highest BCUT2D eigenvalue weighted by Gasteiger charge is 2.53. The number of halogens is 8. The molecule has 1 unspecified atom stereocenters. The molecular weight excluding hydrogens is 654 g/mol. The minimum atomic E-state index is -5.49. The van der Waals surface area contributed by atoms with Gasteiger partial charge in [0.15, 0.2) is 17.7 Å². The fraction of sp³-hybridized carbons (Fsp3) is 0.412. The van der Waals surface area contributed by atoms with Crippen LogP contribution < -0.4 is 4.74 Å². The Morgan fingerprint density at radius 1 is 1.00 bits per heavy atom. The molecule has 258 valence electrons. The van der Waals surface area contributed by atoms with E-state index in [2.05, 4.69) is 0 Å². The summed E-state index contributed by atoms with van der Waals surface area (Å²) >= 11 is 0. The third kappa shape index (κ3) is 6.22. The van der Waals surface area contributed by atoms with E-state index in [0.717, 1.165) is 36.1 Å². The first-order valence-electron chi connectivity index (χ1n) is 14.9. The van der Waals surface area contributed by atoms with E-state index in [9.17, 15) is 19.1 Å². The molecule has 2 aliphatic heterocycles. The van der Waals surface area contributed by atoms with Gasteiger partial charge in [0, 0.05) is 28.8 Å². The van der Waals surface area contributed by atoms with Gasteiger partial charge in [0.1, 0.15) is 5.82 Å². The number of rotatable bonds is 5. The summed E-state index contributed by atoms with van der Waals surface area (Å²) in [6.45, 7) is 5.42. The first-order valence-corrected chi connectivity index (χ1v) is 14.9. The average molecular weight is 686 g/mol. The monoisotopic (exact) mass is 685 g/mol. The Kier molecular flexibility index (Phi) is 8.81. The van der Waals surface area contributed by atoms with Gasteiger partial charge < -0.3 is 19.5 Å². The van der Waals surface area contributed by atoms with Gasteiger partial charge in [-0.2, -0.15) is 26.3 Å². The molecule has 1 N–H and O–H groups in total. The van der Waals surface area contributed by atoms with Crippen molar-refractivity contribution in [2.45, 2.75) is 84.1 Å². The standard InChI is InChI=1S/C34H31F8NO5/c1-15-19-10-7-11-47-28(19)22(36)13-20(15)24-25(29(31(45)46)48-32(3,4)5)26(33(37,38)39)21-14-43(16(2)23(21)27(24)34(40,41)42)30(44)17-8-6-9-18(35)12-17/h6,8-9,12-13,16,29H,7,10-11,14H2,1-5H3,(H,45,46)/t16?,29-/m0/s1. The summed E-state index contributed by atoms with van der Waals surface area (Å²) in [7, 11) is 0. The third-order valence-corrected chi connectivity index (χ3v) is 8.46. The molecule has 14 heteroatoms. The maximum absolute atomic E-state index is 15.6. The number of hydrogen-bond donors (Lipinski definition) is 1. The topological polar surface area (TPSA) is 76.1 Å². The smallest absolute Gasteiger partial charge is 0.417 e. The van der Waals surface area contributed by atoms with Crippen LogP contribution in [0.5, 0.6) is 5.75 Å². The second-order valence-corrected chi connectivity index (χ2v) is 12.8. The van der Waals surface area contributed by atoms with E-state index in [1.54, 1.807) is 0 Å². The normalized spacial score (nSPS) is 17.1. The van der Waals surface area contributed by atoms with Crippen molar-refractivity contribution in [1.29, 1.82) is 0 Å². The third-order valence-electron chi connectivity index (χ3n) is 8.46. The highest BCUT2D eigenvalue weighted by atomic mass is 19.4. The number of benzene rings is 3. The zero-order valence-corrected chi connectivity index (χ0v) is 26.4. The summed E-state index contributed by atoms with van der Waals surface area (Å²) in [5.41, 5.74) is -10.3. The largest absolute Gasteiger partial charge is 0.490 e. The second-order valence-electron chi connectivity index (χ2n) is 12.8. The Morgan fingerprint density at radius 3 is 2.21 bits per heavy atom. The Labute approximate surface area is 270 Å². The quantitative estimate of drug-likeness (QED) is 0.272. The fourth-order valence-electron chi connectivity index (χ4n) is 6.63. The lowest BCUT2D eigenvalue weighted by atomic mass is 9.78. The van der Waals surface area contributed by atoms with Gasteiger partial charge in [-0.1, -0.05) is 6.07 Å². The number of carboxylic acids is 1. The molecule has 3 aromatic carbocycles. The maximum atomic E-state index is 15.6. The lowest BCUT2D eigenvalue weighted by molar-refractivity contribution is -0.163. The number of carbonyl (C=O) groups excluding carboxylic acids is 1. The predicted octanol–water partition coefficient (Wildman–Crippen LogP) is 8.96. The van der Waals surface area contributed by atoms with Crippen molar-refractivity contribution >= 4 is 11.9 Å². The molecule has 6 nitrogen and oxygen atoms in total. The molecule has 0 radical (unpaired) electrons. The van der Waals surface area contributed by atoms with Crippen molar-refractivity contribution in [3.8, 4) is 16.9 Å². The predicted molar refractivity (Wildman–Crippen MR) is 156 cm³/mol. The molecule has 2 heterocycles. The van der Waals surface area contributed by atoms with Gasteiger partial charge in [0.2, 0.25) is 0 Å². The van der Waals surface area contributed by atoms with Gasteiger partial charge in [-0.25, -0.2) is 13.6 Å². The van der Waals surface area contributed by atoms with Crippen molar-refractivity contribution in [3.63, 3.8) is 0 Å². The lowest BCUT2D eigenvalue weighted by Crippen LogP contribution is -2.31. The summed E-state index contributed by atoms with van der Waals surface area (Å²) in [5.74, 6) is -5.34. The number of carboxylic acid groups (broad SMARTS) is 1. The number of alkyl halides is 6. The van der Waals surface area contributed by atoms with Gasteiger partial charge in [-0.3, -0.25) is 4.79 Å². The minimum Gasteiger partial charge on any atom is -0.490 e. The van der Waals surface area contributed by atoms with Gasteiger partial charge in [0.25, 0.3) is 5.91 Å². The van der Waals surface area contributed by atoms with Crippen molar-refractivity contribution < 1.29 is 59.3 Å². The van der Waals surface area contributed by atoms with Crippen LogP contribution in [0.25, 0.3) is 11.1 Å². The van der Waals surface area contributed by atoms with Crippen LogP contribution in [0, 0.1) is 18.6 Å². The molecule has 2 atom stereocenters. The van der Waals surface area contributed by atoms with Crippen LogP contribution in [0.4, 0.5) is 35.1 Å². The molecule has 48 heavy (non-hydrogen) atoms. The van der Waals surface area contributed by atoms with E-state index in [1.165, 1.54) is 27.7 Å². The maximum Gasteiger partial charge on any atom is 0.417 e. The van der Waals surface area contributed by atoms with Crippen LogP contribution in [0.3, 0.4) is 0 Å². The van der Waals surface area contributed by atoms with E-state index in [0.29, 0.717) is 12.5 Å². The molecule has 1 amide bonds. The molecule has 0 aromatic heterocycles. The highest BCUT2D eigenvalue weighted by molar-refractivity contribution is 5.95. The second kappa shape index (κ2) is 12.0. The zero-order chi connectivity index (χ0) is 35.7. The molecule has 0 bridgehead atoms. The van der Waals surface area contributed by atoms with E-state index in [4.69, 9.17) is 9.47 Å². The summed E-state index contributed by atoms with van der Waals surface area (Å²) in [6.07, 6.45) is -13.1. The fourth-order valence-corrected chi connectivity index (χ4v) is 6.63. The van der Waals surface area contributed by atoms with Crippen LogP contribution in [-0.4, -0.2) is 34.1 Å². The van der Waals surface area contributed by atoms with E-state index in [-0.39, 0.29) is 35.5 Å². The number of fused-ring (bicyclic) bond motifs is 2. The van der Waals surface area contributed by atoms with E-state index >= 15 is 30.7 Å². The van der Waals surface area contributed by atoms with E-state index < -0.39 is 99.1 Å². The van der Waals surface area contributed by atoms with Crippen LogP contribution >= 0.6 is 0 Å². The van der Waals surface area contributed by atoms with Crippen LogP contribution in [-0.2, 0) is 34.8 Å². The zero-order valence-electron chi connectivity index (χ0n) is 26.4. The Morgan fingerprint density at radius 2 is 1.65 bits per heavy atom. The summed E-state index contributed by atoms with van der Waals surface area (Å²) in [4.78, 5) is 27.0. The molecule has 0 fully saturated rings. The molecule has 0 saturated heterocycles. The molecule has 3 aromatic rings. The van der Waals surface area contributed by atoms with Gasteiger partial charge >= 0.3 is 18.3 Å². The Balaban J connectivity index is 1.98. The Hall–Kier alpha value is -4.20. The number of carbonyl (C=O) groups is 2. The molecule has 0 aliphatic carbocycles. The summed E-state index contributed by atoms with van der Waals surface area (Å²) in [5, 5.41) is 10.3. The van der Waals surface area contributed by atoms with Crippen LogP contribution in [0.2, 0.25) is 0 Å². The SMILES string of the molecule is Cc1c(-c2c([C@H](OC(C)(C)C)C(=O)O)c(C(F)(F)F)c3c(c2C(F)(F)F)C(C)N(C(=O)c2cccc(F)c2)C3)cc(F)c2c1CCCO2. The molecule has 0 saturated carbocycles. The minimum absolute atomic E-state index is 0.0378. The first-order chi connectivity index (χ1) is 22.1. The number of nitrogens with zero attached hydrogens (tertiary/aromatic N) is 1. The number of amides is 1. The first kappa shape index (κ1) is 35.1. The van der Waals surface area contributed by atoms with Crippen LogP contribution in [0.1, 0.15) is 95.6 Å². The highest BCUT2D eigenvalue weighted by Crippen LogP contribution is 2.56. The van der Waals surface area contributed by atoms with E-state index in [1.807, 2.05) is 0 Å². The van der Waals surface area contributed by atoms with Gasteiger partial charge in [-0.05, 0) is 94.0 Å². The molecule has 0 spiro atoms.